The van der Waals surface area contributed by atoms with E-state index in [2.05, 4.69) is 77.9 Å². The Morgan fingerprint density at radius 2 is 0.977 bits per heavy atom. The summed E-state index contributed by atoms with van der Waals surface area (Å²) >= 11 is 0. The molecule has 0 spiro atoms. The van der Waals surface area contributed by atoms with Gasteiger partial charge in [-0.15, -0.1) is 11.5 Å². The van der Waals surface area contributed by atoms with Gasteiger partial charge >= 0.3 is 16.5 Å². The topological polar surface area (TPSA) is 70.8 Å². The Balaban J connectivity index is 0.000000745. The fraction of sp³-hybridized carbons (Fsp3) is 0.487. The summed E-state index contributed by atoms with van der Waals surface area (Å²) in [4.78, 5) is 10.5. The first kappa shape index (κ1) is 39.1. The van der Waals surface area contributed by atoms with E-state index in [0.717, 1.165) is 56.3 Å². The van der Waals surface area contributed by atoms with Crippen LogP contribution in [-0.2, 0) is 48.6 Å². The number of para-hydroxylation sites is 1. The Bertz CT molecular complexity index is 1290. The number of nitrogens with zero attached hydrogens (tertiary/aromatic N) is 2. The van der Waals surface area contributed by atoms with Crippen molar-refractivity contribution in [2.24, 2.45) is 9.98 Å². The number of hydrogen-bond acceptors (Lipinski definition) is 4. The number of hydrogen-bond donors (Lipinski definition) is 0. The first-order valence-corrected chi connectivity index (χ1v) is 16.7. The monoisotopic (exact) mass is 640 g/mol. The molecule has 0 radical (unpaired) electrons. The zero-order chi connectivity index (χ0) is 31.6. The molecule has 0 saturated heterocycles. The van der Waals surface area contributed by atoms with Gasteiger partial charge < -0.3 is 10.2 Å². The quantitative estimate of drug-likeness (QED) is 0.0942. The Morgan fingerprint density at radius 3 is 1.34 bits per heavy atom. The van der Waals surface area contributed by atoms with Crippen molar-refractivity contribution in [1.82, 2.24) is 0 Å². The van der Waals surface area contributed by atoms with Crippen LogP contribution in [0.4, 0.5) is 11.4 Å². The molecule has 0 aliphatic heterocycles. The molecule has 44 heavy (non-hydrogen) atoms. The minimum absolute atomic E-state index is 0. The molecule has 0 bridgehead atoms. The molecule has 3 aromatic carbocycles. The maximum Gasteiger partial charge on any atom is 2.00 e. The molecule has 0 aliphatic carbocycles. The van der Waals surface area contributed by atoms with Crippen LogP contribution < -0.4 is 10.2 Å². The standard InChI is InChI=1S/C31H46N2.C8H10O2.Ni/c1-7-13-15-17-31(33-29-22-26(11-5)19-27(12-6)23-29)30(16-14-8-2)32-28-20-24(9-3)18-25(10-4)21-28;1-2-6-4-3-5-7(9)8(6)10;/h18-23H,7-17H2,1-6H3;3-5,9-10H,2H2,1H3;/q;;+2/p-2. The van der Waals surface area contributed by atoms with Crippen LogP contribution in [0.1, 0.15) is 121 Å². The van der Waals surface area contributed by atoms with Gasteiger partial charge in [-0.25, -0.2) is 0 Å². The van der Waals surface area contributed by atoms with Crippen molar-refractivity contribution < 1.29 is 26.7 Å². The smallest absolute Gasteiger partial charge is 0.873 e. The third-order valence-corrected chi connectivity index (χ3v) is 7.79. The van der Waals surface area contributed by atoms with E-state index in [4.69, 9.17) is 9.98 Å². The molecule has 0 unspecified atom stereocenters. The molecule has 3 aromatic rings. The van der Waals surface area contributed by atoms with Crippen molar-refractivity contribution >= 4 is 22.8 Å². The summed E-state index contributed by atoms with van der Waals surface area (Å²) < 4.78 is 0. The number of unbranched alkanes of at least 4 members (excludes halogenated alkanes) is 3. The molecule has 4 nitrogen and oxygen atoms in total. The summed E-state index contributed by atoms with van der Waals surface area (Å²) in [5.74, 6) is -0.760. The molecule has 0 saturated carbocycles. The van der Waals surface area contributed by atoms with Gasteiger partial charge in [-0.1, -0.05) is 104 Å². The van der Waals surface area contributed by atoms with Crippen molar-refractivity contribution in [3.05, 3.63) is 82.4 Å². The van der Waals surface area contributed by atoms with Gasteiger partial charge in [-0.3, -0.25) is 9.98 Å². The molecular formula is C39H54N2NiO2. The van der Waals surface area contributed by atoms with Crippen molar-refractivity contribution in [2.75, 3.05) is 0 Å². The van der Waals surface area contributed by atoms with E-state index in [1.165, 1.54) is 65.4 Å². The Labute approximate surface area is 278 Å². The predicted octanol–water partition coefficient (Wildman–Crippen LogP) is 9.95. The first-order valence-electron chi connectivity index (χ1n) is 16.7. The van der Waals surface area contributed by atoms with Crippen molar-refractivity contribution in [1.29, 1.82) is 0 Å². The minimum Gasteiger partial charge on any atom is -0.873 e. The van der Waals surface area contributed by atoms with Crippen LogP contribution in [0.2, 0.25) is 0 Å². The van der Waals surface area contributed by atoms with Gasteiger partial charge in [0.15, 0.2) is 0 Å². The van der Waals surface area contributed by atoms with E-state index in [0.29, 0.717) is 12.0 Å². The van der Waals surface area contributed by atoms with Crippen LogP contribution in [0.25, 0.3) is 0 Å². The summed E-state index contributed by atoms with van der Waals surface area (Å²) in [5, 5.41) is 21.6. The van der Waals surface area contributed by atoms with Crippen LogP contribution in [0.15, 0.2) is 64.6 Å². The average molecular weight is 642 g/mol. The van der Waals surface area contributed by atoms with E-state index in [-0.39, 0.29) is 22.2 Å². The molecule has 5 heteroatoms. The first-order chi connectivity index (χ1) is 20.8. The van der Waals surface area contributed by atoms with E-state index in [1.807, 2.05) is 6.92 Å². The van der Waals surface area contributed by atoms with Crippen LogP contribution >= 0.6 is 0 Å². The van der Waals surface area contributed by atoms with Gasteiger partial charge in [-0.05, 0) is 104 Å². The van der Waals surface area contributed by atoms with Gasteiger partial charge in [-0.2, -0.15) is 0 Å². The maximum absolute atomic E-state index is 10.9. The molecule has 242 valence electrons. The van der Waals surface area contributed by atoms with E-state index in [1.54, 1.807) is 12.1 Å². The van der Waals surface area contributed by atoms with Gasteiger partial charge in [0, 0.05) is 0 Å². The summed E-state index contributed by atoms with van der Waals surface area (Å²) in [6.07, 6.45) is 12.7. The summed E-state index contributed by atoms with van der Waals surface area (Å²) in [6, 6.07) is 18.3. The van der Waals surface area contributed by atoms with Crippen LogP contribution in [0, 0.1) is 0 Å². The van der Waals surface area contributed by atoms with Crippen LogP contribution in [-0.4, -0.2) is 11.4 Å². The number of benzene rings is 3. The van der Waals surface area contributed by atoms with Gasteiger partial charge in [0.25, 0.3) is 0 Å². The van der Waals surface area contributed by atoms with E-state index in [9.17, 15) is 10.2 Å². The molecule has 0 amide bonds. The number of aliphatic imine (C=N–C) groups is 2. The maximum atomic E-state index is 10.9. The molecule has 0 fully saturated rings. The third-order valence-electron chi connectivity index (χ3n) is 7.79. The number of rotatable bonds is 15. The Kier molecular flexibility index (Phi) is 19.3. The number of aryl methyl sites for hydroxylation is 5. The second kappa shape index (κ2) is 21.7. The fourth-order valence-electron chi connectivity index (χ4n) is 5.00. The van der Waals surface area contributed by atoms with Crippen LogP contribution in [0.5, 0.6) is 11.5 Å². The Hall–Kier alpha value is -2.91. The third kappa shape index (κ3) is 13.0. The molecular weight excluding hydrogens is 587 g/mol. The molecule has 3 rings (SSSR count). The van der Waals surface area contributed by atoms with E-state index < -0.39 is 5.75 Å². The fourth-order valence-corrected chi connectivity index (χ4v) is 5.00. The summed E-state index contributed by atoms with van der Waals surface area (Å²) in [7, 11) is 0. The second-order valence-corrected chi connectivity index (χ2v) is 11.2. The SMILES string of the molecule is CCCCCC(=Nc1cc(CC)cc(CC)c1)C(CCCC)=Nc1cc(CC)cc(CC)c1.CCc1cccc([O-])c1[O-].[Ni+2]. The zero-order valence-electron chi connectivity index (χ0n) is 28.2. The normalized spacial score (nSPS) is 11.5. The minimum atomic E-state index is -0.403. The molecule has 0 heterocycles. The molecule has 0 aromatic heterocycles. The molecule has 0 aliphatic rings. The van der Waals surface area contributed by atoms with Gasteiger partial charge in [0.2, 0.25) is 0 Å². The molecule has 0 N–H and O–H groups in total. The largest absolute Gasteiger partial charge is 2.00 e. The van der Waals surface area contributed by atoms with Gasteiger partial charge in [0.05, 0.1) is 22.8 Å². The van der Waals surface area contributed by atoms with Crippen molar-refractivity contribution in [2.45, 2.75) is 126 Å². The van der Waals surface area contributed by atoms with Crippen molar-refractivity contribution in [3.8, 4) is 11.5 Å². The summed E-state index contributed by atoms with van der Waals surface area (Å²) in [6.45, 7) is 15.3. The van der Waals surface area contributed by atoms with Gasteiger partial charge in [0.1, 0.15) is 0 Å². The average Bonchev–Trinajstić information content (AvgIpc) is 3.03. The van der Waals surface area contributed by atoms with E-state index >= 15 is 0 Å². The summed E-state index contributed by atoms with van der Waals surface area (Å²) in [5.41, 5.74) is 10.7. The molecule has 0 atom stereocenters. The van der Waals surface area contributed by atoms with Crippen LogP contribution in [0.3, 0.4) is 0 Å². The predicted molar refractivity (Wildman–Crippen MR) is 183 cm³/mol. The van der Waals surface area contributed by atoms with Crippen molar-refractivity contribution in [3.63, 3.8) is 0 Å². The second-order valence-electron chi connectivity index (χ2n) is 11.2. The Morgan fingerprint density at radius 1 is 0.545 bits per heavy atom. The zero-order valence-corrected chi connectivity index (χ0v) is 29.2.